The van der Waals surface area contributed by atoms with Gasteiger partial charge in [0.2, 0.25) is 0 Å². The summed E-state index contributed by atoms with van der Waals surface area (Å²) in [5.74, 6) is 0.560. The molecule has 1 aromatic carbocycles. The molecule has 0 unspecified atom stereocenters. The third-order valence-corrected chi connectivity index (χ3v) is 6.72. The number of alkyl halides is 3. The van der Waals surface area contributed by atoms with Crippen molar-refractivity contribution >= 4 is 16.8 Å². The van der Waals surface area contributed by atoms with Crippen molar-refractivity contribution in [2.75, 3.05) is 0 Å². The number of imidazole rings is 2. The van der Waals surface area contributed by atoms with Crippen molar-refractivity contribution in [2.45, 2.75) is 32.6 Å². The Morgan fingerprint density at radius 1 is 0.950 bits per heavy atom. The van der Waals surface area contributed by atoms with Crippen molar-refractivity contribution < 1.29 is 13.2 Å². The first-order valence-electron chi connectivity index (χ1n) is 12.5. The van der Waals surface area contributed by atoms with E-state index >= 15 is 0 Å². The van der Waals surface area contributed by atoms with Crippen LogP contribution in [-0.4, -0.2) is 33.5 Å². The Hall–Kier alpha value is -5.00. The van der Waals surface area contributed by atoms with Crippen molar-refractivity contribution in [3.05, 3.63) is 117 Å². The predicted molar refractivity (Wildman–Crippen MR) is 142 cm³/mol. The third-order valence-electron chi connectivity index (χ3n) is 6.72. The van der Waals surface area contributed by atoms with E-state index in [0.717, 1.165) is 29.2 Å². The SMILES string of the molecule is CCn1c(=O)[nH]c(=O)c2c1nc(Cc1cn3ccccc3n1)n2Cc1ccc(-c2ccc(C(F)(F)F)cn2)cc1. The normalized spacial score (nSPS) is 12.0. The Labute approximate surface area is 224 Å². The lowest BCUT2D eigenvalue weighted by Crippen LogP contribution is -2.30. The molecule has 0 fully saturated rings. The minimum atomic E-state index is -4.45. The highest BCUT2D eigenvalue weighted by Crippen LogP contribution is 2.30. The fourth-order valence-corrected chi connectivity index (χ4v) is 4.75. The summed E-state index contributed by atoms with van der Waals surface area (Å²) >= 11 is 0. The molecule has 0 bridgehead atoms. The largest absolute Gasteiger partial charge is 0.417 e. The average molecular weight is 546 g/mol. The van der Waals surface area contributed by atoms with Gasteiger partial charge in [0.25, 0.3) is 5.56 Å². The fraction of sp³-hybridized carbons (Fsp3) is 0.179. The molecular formula is C28H22F3N7O2. The molecule has 0 aliphatic carbocycles. The zero-order chi connectivity index (χ0) is 28.0. The molecule has 0 spiro atoms. The molecule has 1 N–H and O–H groups in total. The number of H-pyrrole nitrogens is 1. The summed E-state index contributed by atoms with van der Waals surface area (Å²) in [5, 5.41) is 0. The standard InChI is InChI=1S/C28H22F3N7O2/c1-2-37-25-24(26(39)35-27(37)40)38(23(34-25)13-20-16-36-12-4-3-5-22(36)33-20)15-17-6-8-18(9-7-17)21-11-10-19(14-32-21)28(29,30)31/h3-12,14,16H,2,13,15H2,1H3,(H,35,39,40). The van der Waals surface area contributed by atoms with Crippen LogP contribution >= 0.6 is 0 Å². The minimum absolute atomic E-state index is 0.269. The average Bonchev–Trinajstić information content (AvgIpc) is 3.50. The van der Waals surface area contributed by atoms with Crippen LogP contribution in [0.15, 0.2) is 82.8 Å². The van der Waals surface area contributed by atoms with E-state index in [-0.39, 0.29) is 12.1 Å². The Bertz CT molecular complexity index is 1930. The topological polar surface area (TPSA) is 103 Å². The predicted octanol–water partition coefficient (Wildman–Crippen LogP) is 4.27. The van der Waals surface area contributed by atoms with Gasteiger partial charge in [-0.2, -0.15) is 13.2 Å². The number of hydrogen-bond donors (Lipinski definition) is 1. The first kappa shape index (κ1) is 25.3. The van der Waals surface area contributed by atoms with Crippen LogP contribution in [-0.2, 0) is 25.7 Å². The lowest BCUT2D eigenvalue weighted by atomic mass is 10.1. The smallest absolute Gasteiger partial charge is 0.317 e. The van der Waals surface area contributed by atoms with Crippen molar-refractivity contribution in [2.24, 2.45) is 0 Å². The van der Waals surface area contributed by atoms with Crippen LogP contribution in [0.4, 0.5) is 13.2 Å². The molecule has 0 amide bonds. The lowest BCUT2D eigenvalue weighted by molar-refractivity contribution is -0.137. The number of nitrogens with one attached hydrogen (secondary N) is 1. The lowest BCUT2D eigenvalue weighted by Gasteiger charge is -2.10. The number of aromatic amines is 1. The second-order valence-corrected chi connectivity index (χ2v) is 9.29. The third kappa shape index (κ3) is 4.57. The molecule has 5 heterocycles. The summed E-state index contributed by atoms with van der Waals surface area (Å²) in [6, 6.07) is 15.2. The molecule has 0 atom stereocenters. The number of pyridine rings is 2. The van der Waals surface area contributed by atoms with Gasteiger partial charge in [-0.05, 0) is 36.8 Å². The molecule has 12 heteroatoms. The molecule has 0 radical (unpaired) electrons. The zero-order valence-electron chi connectivity index (χ0n) is 21.2. The summed E-state index contributed by atoms with van der Waals surface area (Å²) in [4.78, 5) is 41.2. The maximum absolute atomic E-state index is 13.0. The summed E-state index contributed by atoms with van der Waals surface area (Å²) in [5.41, 5.74) is 2.08. The maximum Gasteiger partial charge on any atom is 0.417 e. The Kier molecular flexibility index (Phi) is 6.09. The summed E-state index contributed by atoms with van der Waals surface area (Å²) < 4.78 is 43.8. The highest BCUT2D eigenvalue weighted by Gasteiger charge is 2.30. The molecule has 6 rings (SSSR count). The van der Waals surface area contributed by atoms with Gasteiger partial charge in [0.05, 0.1) is 17.0 Å². The minimum Gasteiger partial charge on any atom is -0.317 e. The Balaban J connectivity index is 1.39. The van der Waals surface area contributed by atoms with Gasteiger partial charge in [-0.15, -0.1) is 0 Å². The molecule has 0 saturated heterocycles. The first-order chi connectivity index (χ1) is 19.2. The molecule has 0 aliphatic heterocycles. The van der Waals surface area contributed by atoms with E-state index in [4.69, 9.17) is 4.98 Å². The molecule has 0 aliphatic rings. The van der Waals surface area contributed by atoms with Crippen LogP contribution in [0.2, 0.25) is 0 Å². The van der Waals surface area contributed by atoms with Crippen LogP contribution in [0.5, 0.6) is 0 Å². The molecule has 5 aromatic heterocycles. The van der Waals surface area contributed by atoms with E-state index in [1.165, 1.54) is 10.6 Å². The number of benzene rings is 1. The molecular weight excluding hydrogens is 523 g/mol. The van der Waals surface area contributed by atoms with Gasteiger partial charge >= 0.3 is 11.9 Å². The van der Waals surface area contributed by atoms with Gasteiger partial charge in [-0.25, -0.2) is 14.8 Å². The van der Waals surface area contributed by atoms with E-state index in [1.807, 2.05) is 47.1 Å². The van der Waals surface area contributed by atoms with E-state index in [1.54, 1.807) is 23.6 Å². The molecule has 40 heavy (non-hydrogen) atoms. The van der Waals surface area contributed by atoms with E-state index in [9.17, 15) is 22.8 Å². The van der Waals surface area contributed by atoms with Gasteiger partial charge in [0.15, 0.2) is 11.2 Å². The molecule has 0 saturated carbocycles. The number of rotatable bonds is 6. The van der Waals surface area contributed by atoms with E-state index < -0.39 is 23.0 Å². The number of aryl methyl sites for hydroxylation is 1. The second kappa shape index (κ2) is 9.63. The number of nitrogens with zero attached hydrogens (tertiary/aromatic N) is 6. The Morgan fingerprint density at radius 2 is 1.75 bits per heavy atom. The fourth-order valence-electron chi connectivity index (χ4n) is 4.75. The number of aromatic nitrogens is 7. The Morgan fingerprint density at radius 3 is 2.42 bits per heavy atom. The molecule has 9 nitrogen and oxygen atoms in total. The quantitative estimate of drug-likeness (QED) is 0.337. The van der Waals surface area contributed by atoms with Crippen molar-refractivity contribution in [3.63, 3.8) is 0 Å². The summed E-state index contributed by atoms with van der Waals surface area (Å²) in [7, 11) is 0. The van der Waals surface area contributed by atoms with Gasteiger partial charge in [0, 0.05) is 43.7 Å². The van der Waals surface area contributed by atoms with Crippen molar-refractivity contribution in [1.82, 2.24) is 33.5 Å². The van der Waals surface area contributed by atoms with Crippen molar-refractivity contribution in [3.8, 4) is 11.3 Å². The summed E-state index contributed by atoms with van der Waals surface area (Å²) in [6.07, 6.45) is 0.460. The highest BCUT2D eigenvalue weighted by atomic mass is 19.4. The zero-order valence-corrected chi connectivity index (χ0v) is 21.2. The van der Waals surface area contributed by atoms with Gasteiger partial charge in [-0.3, -0.25) is 19.3 Å². The van der Waals surface area contributed by atoms with Crippen LogP contribution in [0.3, 0.4) is 0 Å². The van der Waals surface area contributed by atoms with Gasteiger partial charge < -0.3 is 8.97 Å². The number of halogens is 3. The van der Waals surface area contributed by atoms with Crippen LogP contribution in [0, 0.1) is 0 Å². The highest BCUT2D eigenvalue weighted by molar-refractivity contribution is 5.71. The van der Waals surface area contributed by atoms with Crippen LogP contribution in [0.25, 0.3) is 28.1 Å². The first-order valence-corrected chi connectivity index (χ1v) is 12.5. The van der Waals surface area contributed by atoms with Crippen LogP contribution in [0.1, 0.15) is 29.6 Å². The van der Waals surface area contributed by atoms with Crippen molar-refractivity contribution in [1.29, 1.82) is 0 Å². The van der Waals surface area contributed by atoms with Gasteiger partial charge in [0.1, 0.15) is 11.5 Å². The van der Waals surface area contributed by atoms with Crippen LogP contribution < -0.4 is 11.2 Å². The second-order valence-electron chi connectivity index (χ2n) is 9.29. The van der Waals surface area contributed by atoms with E-state index in [0.29, 0.717) is 35.7 Å². The molecule has 6 aromatic rings. The monoisotopic (exact) mass is 545 g/mol. The van der Waals surface area contributed by atoms with E-state index in [2.05, 4.69) is 15.0 Å². The molecule has 202 valence electrons. The number of hydrogen-bond acceptors (Lipinski definition) is 5. The maximum atomic E-state index is 13.0. The summed E-state index contributed by atoms with van der Waals surface area (Å²) in [6.45, 7) is 2.39. The van der Waals surface area contributed by atoms with Gasteiger partial charge in [-0.1, -0.05) is 30.3 Å². The number of fused-ring (bicyclic) bond motifs is 2.